The Morgan fingerprint density at radius 3 is 2.68 bits per heavy atom. The molecule has 0 radical (unpaired) electrons. The molecule has 5 rings (SSSR count). The molecule has 2 aliphatic rings. The Labute approximate surface area is 210 Å². The molecule has 1 aliphatic carbocycles. The number of anilines is 3. The lowest BCUT2D eigenvalue weighted by atomic mass is 9.94. The number of fused-ring (bicyclic) bond motifs is 3. The molecular weight excluding hydrogens is 493 g/mol. The molecule has 1 N–H and O–H groups in total. The van der Waals surface area contributed by atoms with Crippen molar-refractivity contribution in [3.8, 4) is 17.1 Å². The van der Waals surface area contributed by atoms with Gasteiger partial charge in [0, 0.05) is 49.7 Å². The number of nitrogens with one attached hydrogen (secondary N) is 1. The lowest BCUT2D eigenvalue weighted by Gasteiger charge is -2.34. The number of nitrogens with zero attached hydrogens (tertiary/aromatic N) is 5. The zero-order valence-corrected chi connectivity index (χ0v) is 20.3. The number of aromatic nitrogens is 3. The second kappa shape index (κ2) is 9.88. The SMILES string of the molecule is CCOC(=O)c1onc2c1CCc1cnc(Nc3ccc(N4CCN(C)CC4)cc3OC(F)(F)F)nc1-2. The molecule has 37 heavy (non-hydrogen) atoms. The number of esters is 1. The molecule has 0 bridgehead atoms. The Bertz CT molecular complexity index is 1300. The minimum absolute atomic E-state index is 0.0241. The molecule has 1 aliphatic heterocycles. The van der Waals surface area contributed by atoms with Gasteiger partial charge in [-0.25, -0.2) is 14.8 Å². The predicted octanol–water partition coefficient (Wildman–Crippen LogP) is 3.80. The van der Waals surface area contributed by atoms with Crippen molar-refractivity contribution in [1.29, 1.82) is 0 Å². The number of carbonyl (C=O) groups is 1. The van der Waals surface area contributed by atoms with E-state index in [2.05, 4.69) is 30.1 Å². The van der Waals surface area contributed by atoms with Gasteiger partial charge >= 0.3 is 12.3 Å². The molecule has 1 saturated heterocycles. The predicted molar refractivity (Wildman–Crippen MR) is 127 cm³/mol. The largest absolute Gasteiger partial charge is 0.573 e. The van der Waals surface area contributed by atoms with E-state index in [1.807, 2.05) is 11.9 Å². The van der Waals surface area contributed by atoms with Crippen LogP contribution in [0.25, 0.3) is 11.4 Å². The fourth-order valence-electron chi connectivity index (χ4n) is 4.40. The Kier molecular flexibility index (Phi) is 6.63. The highest BCUT2D eigenvalue weighted by atomic mass is 19.4. The van der Waals surface area contributed by atoms with Crippen LogP contribution >= 0.6 is 0 Å². The molecule has 0 spiro atoms. The van der Waals surface area contributed by atoms with Crippen LogP contribution in [0.5, 0.6) is 5.75 Å². The van der Waals surface area contributed by atoms with Crippen molar-refractivity contribution in [2.45, 2.75) is 26.1 Å². The van der Waals surface area contributed by atoms with Crippen LogP contribution in [0.4, 0.5) is 30.5 Å². The van der Waals surface area contributed by atoms with E-state index < -0.39 is 18.1 Å². The molecule has 1 fully saturated rings. The van der Waals surface area contributed by atoms with Gasteiger partial charge in [-0.3, -0.25) is 0 Å². The van der Waals surface area contributed by atoms with E-state index in [-0.39, 0.29) is 24.0 Å². The summed E-state index contributed by atoms with van der Waals surface area (Å²) in [6.45, 7) is 4.88. The molecule has 0 amide bonds. The van der Waals surface area contributed by atoms with Crippen molar-refractivity contribution in [3.05, 3.63) is 41.3 Å². The Hall–Kier alpha value is -3.87. The zero-order chi connectivity index (χ0) is 26.2. The second-order valence-corrected chi connectivity index (χ2v) is 8.77. The highest BCUT2D eigenvalue weighted by Crippen LogP contribution is 2.37. The Morgan fingerprint density at radius 1 is 1.16 bits per heavy atom. The molecule has 13 heteroatoms. The first-order valence-corrected chi connectivity index (χ1v) is 11.8. The maximum atomic E-state index is 13.2. The van der Waals surface area contributed by atoms with Crippen LogP contribution in [0.3, 0.4) is 0 Å². The van der Waals surface area contributed by atoms with Crippen molar-refractivity contribution >= 4 is 23.3 Å². The summed E-state index contributed by atoms with van der Waals surface area (Å²) in [7, 11) is 2.00. The van der Waals surface area contributed by atoms with Crippen molar-refractivity contribution in [1.82, 2.24) is 20.0 Å². The number of piperazine rings is 1. The third-order valence-corrected chi connectivity index (χ3v) is 6.29. The topological polar surface area (TPSA) is 106 Å². The van der Waals surface area contributed by atoms with Crippen LogP contribution in [0, 0.1) is 0 Å². The van der Waals surface area contributed by atoms with Crippen LogP contribution in [0.15, 0.2) is 28.9 Å². The Balaban J connectivity index is 1.44. The third-order valence-electron chi connectivity index (χ3n) is 6.29. The fourth-order valence-corrected chi connectivity index (χ4v) is 4.40. The average Bonchev–Trinajstić information content (AvgIpc) is 3.30. The molecule has 3 aromatic rings. The van der Waals surface area contributed by atoms with Crippen LogP contribution in [-0.4, -0.2) is 72.2 Å². The highest BCUT2D eigenvalue weighted by molar-refractivity contribution is 5.90. The lowest BCUT2D eigenvalue weighted by Crippen LogP contribution is -2.44. The number of rotatable bonds is 6. The maximum absolute atomic E-state index is 13.2. The summed E-state index contributed by atoms with van der Waals surface area (Å²) < 4.78 is 54.3. The third kappa shape index (κ3) is 5.31. The summed E-state index contributed by atoms with van der Waals surface area (Å²) in [4.78, 5) is 25.1. The second-order valence-electron chi connectivity index (χ2n) is 8.77. The number of hydrogen-bond acceptors (Lipinski definition) is 10. The van der Waals surface area contributed by atoms with Gasteiger partial charge in [0.05, 0.1) is 12.3 Å². The lowest BCUT2D eigenvalue weighted by molar-refractivity contribution is -0.274. The summed E-state index contributed by atoms with van der Waals surface area (Å²) in [5, 5.41) is 6.85. The first kappa shape index (κ1) is 24.8. The Morgan fingerprint density at radius 2 is 1.95 bits per heavy atom. The smallest absolute Gasteiger partial charge is 0.460 e. The van der Waals surface area contributed by atoms with Gasteiger partial charge in [0.15, 0.2) is 5.75 Å². The first-order valence-electron chi connectivity index (χ1n) is 11.8. The number of carbonyl (C=O) groups excluding carboxylic acids is 1. The molecule has 2 aromatic heterocycles. The average molecular weight is 518 g/mol. The summed E-state index contributed by atoms with van der Waals surface area (Å²) >= 11 is 0. The highest BCUT2D eigenvalue weighted by Gasteiger charge is 2.33. The van der Waals surface area contributed by atoms with Crippen molar-refractivity contribution in [2.24, 2.45) is 0 Å². The van der Waals surface area contributed by atoms with E-state index in [4.69, 9.17) is 9.26 Å². The number of hydrogen-bond donors (Lipinski definition) is 1. The van der Waals surface area contributed by atoms with Crippen molar-refractivity contribution in [3.63, 3.8) is 0 Å². The number of halogens is 3. The van der Waals surface area contributed by atoms with Crippen LogP contribution in [0.1, 0.15) is 28.6 Å². The number of aryl methyl sites for hydroxylation is 1. The normalized spacial score (nSPS) is 15.6. The summed E-state index contributed by atoms with van der Waals surface area (Å²) in [6, 6.07) is 4.61. The van der Waals surface area contributed by atoms with Crippen LogP contribution in [-0.2, 0) is 17.6 Å². The number of likely N-dealkylation sites (N-methyl/N-ethyl adjacent to an activating group) is 1. The van der Waals surface area contributed by atoms with E-state index in [1.165, 1.54) is 12.1 Å². The van der Waals surface area contributed by atoms with Gasteiger partial charge < -0.3 is 29.1 Å². The van der Waals surface area contributed by atoms with E-state index in [9.17, 15) is 18.0 Å². The number of benzene rings is 1. The van der Waals surface area contributed by atoms with Crippen LogP contribution in [0.2, 0.25) is 0 Å². The minimum atomic E-state index is -4.88. The quantitative estimate of drug-likeness (QED) is 0.485. The van der Waals surface area contributed by atoms with Gasteiger partial charge in [0.1, 0.15) is 11.4 Å². The fraction of sp³-hybridized carbons (Fsp3) is 0.417. The van der Waals surface area contributed by atoms with Gasteiger partial charge in [0.25, 0.3) is 0 Å². The minimum Gasteiger partial charge on any atom is -0.460 e. The van der Waals surface area contributed by atoms with Crippen LogP contribution < -0.4 is 15.0 Å². The maximum Gasteiger partial charge on any atom is 0.573 e. The summed E-state index contributed by atoms with van der Waals surface area (Å²) in [5.74, 6) is -0.930. The molecule has 196 valence electrons. The van der Waals surface area contributed by atoms with E-state index in [1.54, 1.807) is 19.2 Å². The van der Waals surface area contributed by atoms with Gasteiger partial charge in [-0.2, -0.15) is 0 Å². The summed E-state index contributed by atoms with van der Waals surface area (Å²) in [6.07, 6.45) is -2.27. The molecule has 1 aromatic carbocycles. The number of alkyl halides is 3. The first-order chi connectivity index (χ1) is 17.7. The van der Waals surface area contributed by atoms with E-state index >= 15 is 0 Å². The van der Waals surface area contributed by atoms with Gasteiger partial charge in [-0.05, 0) is 44.5 Å². The molecule has 3 heterocycles. The van der Waals surface area contributed by atoms with Gasteiger partial charge in [0.2, 0.25) is 11.7 Å². The number of ether oxygens (including phenoxy) is 2. The van der Waals surface area contributed by atoms with E-state index in [0.29, 0.717) is 48.6 Å². The zero-order valence-electron chi connectivity index (χ0n) is 20.3. The molecule has 0 atom stereocenters. The molecule has 10 nitrogen and oxygen atoms in total. The molecule has 0 saturated carbocycles. The van der Waals surface area contributed by atoms with E-state index in [0.717, 1.165) is 18.7 Å². The molecular formula is C24H25F3N6O4. The standard InChI is InChI=1S/C24H25F3N6O4/c1-3-35-22(34)21-16-6-4-14-13-28-23(30-19(14)20(16)31-37-21)29-17-7-5-15(12-18(17)36-24(25,26)27)33-10-8-32(2)9-11-33/h5,7,12-13H,3-4,6,8-11H2,1-2H3,(H,28,29,30). The van der Waals surface area contributed by atoms with Crippen molar-refractivity contribution in [2.75, 3.05) is 50.1 Å². The van der Waals surface area contributed by atoms with Gasteiger partial charge in [-0.15, -0.1) is 13.2 Å². The van der Waals surface area contributed by atoms with Crippen molar-refractivity contribution < 1.29 is 32.0 Å². The summed E-state index contributed by atoms with van der Waals surface area (Å²) in [5.41, 5.74) is 2.85. The van der Waals surface area contributed by atoms with Gasteiger partial charge in [-0.1, -0.05) is 5.16 Å². The molecule has 0 unspecified atom stereocenters. The monoisotopic (exact) mass is 518 g/mol.